The third kappa shape index (κ3) is 4.32. The predicted molar refractivity (Wildman–Crippen MR) is 78.0 cm³/mol. The summed E-state index contributed by atoms with van der Waals surface area (Å²) in [4.78, 5) is 23.2. The largest absolute Gasteiger partial charge is 0.454 e. The molecule has 0 aliphatic heterocycles. The Labute approximate surface area is 126 Å². The van der Waals surface area contributed by atoms with E-state index < -0.39 is 11.9 Å². The summed E-state index contributed by atoms with van der Waals surface area (Å²) in [6, 6.07) is 6.89. The van der Waals surface area contributed by atoms with Gasteiger partial charge in [-0.1, -0.05) is 17.7 Å². The van der Waals surface area contributed by atoms with E-state index in [4.69, 9.17) is 16.3 Å². The summed E-state index contributed by atoms with van der Waals surface area (Å²) in [6.45, 7) is 1.41. The Morgan fingerprint density at radius 1 is 1.38 bits per heavy atom. The second-order valence-electron chi connectivity index (χ2n) is 4.32. The molecule has 0 aliphatic carbocycles. The molecule has 6 nitrogen and oxygen atoms in total. The summed E-state index contributed by atoms with van der Waals surface area (Å²) >= 11 is 5.96. The van der Waals surface area contributed by atoms with Crippen molar-refractivity contribution in [2.24, 2.45) is 0 Å². The quantitative estimate of drug-likeness (QED) is 0.858. The Morgan fingerprint density at radius 2 is 2.19 bits per heavy atom. The molecule has 0 fully saturated rings. The third-order valence-electron chi connectivity index (χ3n) is 2.76. The molecule has 0 bridgehead atoms. The van der Waals surface area contributed by atoms with Crippen LogP contribution in [0.1, 0.15) is 5.56 Å². The van der Waals surface area contributed by atoms with Gasteiger partial charge in [-0.15, -0.1) is 0 Å². The van der Waals surface area contributed by atoms with Crippen LogP contribution >= 0.6 is 11.6 Å². The van der Waals surface area contributed by atoms with Crippen LogP contribution in [0.3, 0.4) is 0 Å². The predicted octanol–water partition coefficient (Wildman–Crippen LogP) is 2.03. The van der Waals surface area contributed by atoms with Crippen molar-refractivity contribution < 1.29 is 14.3 Å². The summed E-state index contributed by atoms with van der Waals surface area (Å²) in [7, 11) is 0. The molecule has 0 saturated heterocycles. The number of esters is 1. The minimum absolute atomic E-state index is 0.0313. The van der Waals surface area contributed by atoms with E-state index in [0.29, 0.717) is 10.7 Å². The summed E-state index contributed by atoms with van der Waals surface area (Å²) in [5.74, 6) is -0.953. The van der Waals surface area contributed by atoms with Crippen LogP contribution in [0.2, 0.25) is 5.02 Å². The first kappa shape index (κ1) is 15.1. The lowest BCUT2D eigenvalue weighted by Crippen LogP contribution is -2.23. The molecule has 0 spiro atoms. The molecule has 0 saturated carbocycles. The smallest absolute Gasteiger partial charge is 0.328 e. The standard InChI is InChI=1S/C14H14ClN3O3/c1-10-11(15)4-2-5-12(10)17-13(19)9-21-14(20)8-18-7-3-6-16-18/h2-7H,8-9H2,1H3,(H,17,19). The van der Waals surface area contributed by atoms with Crippen LogP contribution in [0.4, 0.5) is 5.69 Å². The van der Waals surface area contributed by atoms with Crippen LogP contribution in [-0.4, -0.2) is 28.3 Å². The monoisotopic (exact) mass is 307 g/mol. The fourth-order valence-electron chi connectivity index (χ4n) is 1.65. The van der Waals surface area contributed by atoms with E-state index in [0.717, 1.165) is 5.56 Å². The van der Waals surface area contributed by atoms with Gasteiger partial charge in [0.05, 0.1) is 0 Å². The van der Waals surface area contributed by atoms with Crippen LogP contribution in [0.25, 0.3) is 0 Å². The molecule has 0 unspecified atom stereocenters. The Morgan fingerprint density at radius 3 is 2.90 bits per heavy atom. The fourth-order valence-corrected chi connectivity index (χ4v) is 1.82. The molecule has 1 heterocycles. The highest BCUT2D eigenvalue weighted by atomic mass is 35.5. The van der Waals surface area contributed by atoms with E-state index in [1.54, 1.807) is 43.6 Å². The lowest BCUT2D eigenvalue weighted by molar-refractivity contribution is -0.148. The number of ether oxygens (including phenoxy) is 1. The molecule has 1 N–H and O–H groups in total. The van der Waals surface area contributed by atoms with Crippen molar-refractivity contribution in [3.63, 3.8) is 0 Å². The van der Waals surface area contributed by atoms with Gasteiger partial charge in [0, 0.05) is 23.1 Å². The molecule has 2 rings (SSSR count). The van der Waals surface area contributed by atoms with Gasteiger partial charge in [-0.25, -0.2) is 0 Å². The highest BCUT2D eigenvalue weighted by molar-refractivity contribution is 6.31. The van der Waals surface area contributed by atoms with Gasteiger partial charge in [0.25, 0.3) is 5.91 Å². The van der Waals surface area contributed by atoms with Crippen molar-refractivity contribution in [1.82, 2.24) is 9.78 Å². The van der Waals surface area contributed by atoms with E-state index in [1.165, 1.54) is 4.68 Å². The topological polar surface area (TPSA) is 73.2 Å². The van der Waals surface area contributed by atoms with Crippen LogP contribution in [-0.2, 0) is 20.9 Å². The fraction of sp³-hybridized carbons (Fsp3) is 0.214. The minimum atomic E-state index is -0.531. The first-order chi connectivity index (χ1) is 10.1. The van der Waals surface area contributed by atoms with E-state index >= 15 is 0 Å². The Hall–Kier alpha value is -2.34. The van der Waals surface area contributed by atoms with Crippen LogP contribution in [0, 0.1) is 6.92 Å². The maximum Gasteiger partial charge on any atom is 0.328 e. The average Bonchev–Trinajstić information content (AvgIpc) is 2.94. The lowest BCUT2D eigenvalue weighted by atomic mass is 10.2. The number of carbonyl (C=O) groups is 2. The second-order valence-corrected chi connectivity index (χ2v) is 4.73. The van der Waals surface area contributed by atoms with E-state index in [-0.39, 0.29) is 13.2 Å². The highest BCUT2D eigenvalue weighted by Crippen LogP contribution is 2.22. The highest BCUT2D eigenvalue weighted by Gasteiger charge is 2.10. The summed E-state index contributed by atoms with van der Waals surface area (Å²) < 4.78 is 6.29. The van der Waals surface area contributed by atoms with Crippen LogP contribution in [0.5, 0.6) is 0 Å². The minimum Gasteiger partial charge on any atom is -0.454 e. The van der Waals surface area contributed by atoms with Crippen molar-refractivity contribution in [2.45, 2.75) is 13.5 Å². The SMILES string of the molecule is Cc1c(Cl)cccc1NC(=O)COC(=O)Cn1cccn1. The summed E-state index contributed by atoms with van der Waals surface area (Å²) in [5, 5.41) is 7.07. The van der Waals surface area contributed by atoms with E-state index in [1.807, 2.05) is 0 Å². The Bertz CT molecular complexity index is 641. The van der Waals surface area contributed by atoms with Crippen molar-refractivity contribution in [1.29, 1.82) is 0 Å². The number of halogens is 1. The number of hydrogen-bond donors (Lipinski definition) is 1. The number of hydrogen-bond acceptors (Lipinski definition) is 4. The number of rotatable bonds is 5. The van der Waals surface area contributed by atoms with Gasteiger partial charge in [0.15, 0.2) is 6.61 Å². The zero-order chi connectivity index (χ0) is 15.2. The lowest BCUT2D eigenvalue weighted by Gasteiger charge is -2.10. The summed E-state index contributed by atoms with van der Waals surface area (Å²) in [6.07, 6.45) is 3.19. The maximum atomic E-state index is 11.7. The molecule has 0 atom stereocenters. The molecule has 0 aliphatic rings. The number of nitrogens with zero attached hydrogens (tertiary/aromatic N) is 2. The van der Waals surface area contributed by atoms with Gasteiger partial charge in [0.1, 0.15) is 6.54 Å². The average molecular weight is 308 g/mol. The summed E-state index contributed by atoms with van der Waals surface area (Å²) in [5.41, 5.74) is 1.35. The zero-order valence-corrected chi connectivity index (χ0v) is 12.1. The maximum absolute atomic E-state index is 11.7. The van der Waals surface area contributed by atoms with Gasteiger partial charge in [0.2, 0.25) is 0 Å². The molecular formula is C14H14ClN3O3. The van der Waals surface area contributed by atoms with Gasteiger partial charge in [-0.3, -0.25) is 14.3 Å². The molecule has 1 aromatic heterocycles. The van der Waals surface area contributed by atoms with Crippen molar-refractivity contribution in [2.75, 3.05) is 11.9 Å². The number of anilines is 1. The first-order valence-electron chi connectivity index (χ1n) is 6.24. The van der Waals surface area contributed by atoms with Crippen molar-refractivity contribution >= 4 is 29.2 Å². The van der Waals surface area contributed by atoms with E-state index in [2.05, 4.69) is 10.4 Å². The molecule has 1 amide bonds. The van der Waals surface area contributed by atoms with Crippen molar-refractivity contribution in [3.05, 3.63) is 47.2 Å². The third-order valence-corrected chi connectivity index (χ3v) is 3.17. The zero-order valence-electron chi connectivity index (χ0n) is 11.4. The number of nitrogens with one attached hydrogen (secondary N) is 1. The van der Waals surface area contributed by atoms with Crippen LogP contribution < -0.4 is 5.32 Å². The number of amides is 1. The van der Waals surface area contributed by atoms with E-state index in [9.17, 15) is 9.59 Å². The number of carbonyl (C=O) groups excluding carboxylic acids is 2. The van der Waals surface area contributed by atoms with Crippen LogP contribution in [0.15, 0.2) is 36.7 Å². The molecule has 2 aromatic rings. The van der Waals surface area contributed by atoms with Gasteiger partial charge in [-0.2, -0.15) is 5.10 Å². The molecule has 7 heteroatoms. The van der Waals surface area contributed by atoms with Crippen molar-refractivity contribution in [3.8, 4) is 0 Å². The number of aromatic nitrogens is 2. The Balaban J connectivity index is 1.82. The molecule has 21 heavy (non-hydrogen) atoms. The molecular weight excluding hydrogens is 294 g/mol. The normalized spacial score (nSPS) is 10.2. The van der Waals surface area contributed by atoms with Gasteiger partial charge in [-0.05, 0) is 30.7 Å². The first-order valence-corrected chi connectivity index (χ1v) is 6.62. The Kier molecular flexibility index (Phi) is 4.94. The van der Waals surface area contributed by atoms with Gasteiger partial charge < -0.3 is 10.1 Å². The second kappa shape index (κ2) is 6.90. The van der Waals surface area contributed by atoms with Gasteiger partial charge >= 0.3 is 5.97 Å². The molecule has 0 radical (unpaired) electrons. The molecule has 1 aromatic carbocycles. The number of benzene rings is 1. The molecule has 110 valence electrons.